The first-order chi connectivity index (χ1) is 16.4. The molecule has 1 N–H and O–H groups in total. The Morgan fingerprint density at radius 1 is 1.26 bits per heavy atom. The average Bonchev–Trinajstić information content (AvgIpc) is 3.49. The van der Waals surface area contributed by atoms with E-state index in [0.717, 1.165) is 0 Å². The van der Waals surface area contributed by atoms with Crippen molar-refractivity contribution in [2.45, 2.75) is 11.4 Å². The molecule has 0 bridgehead atoms. The van der Waals surface area contributed by atoms with Crippen molar-refractivity contribution in [1.82, 2.24) is 14.9 Å². The molecule has 0 fully saturated rings. The number of rotatable bonds is 7. The lowest BCUT2D eigenvalue weighted by atomic mass is 10.1. The molecule has 1 aliphatic heterocycles. The van der Waals surface area contributed by atoms with E-state index in [1.54, 1.807) is 36.7 Å². The Kier molecular flexibility index (Phi) is 5.36. The van der Waals surface area contributed by atoms with Crippen LogP contribution in [-0.4, -0.2) is 44.2 Å². The molecule has 34 heavy (non-hydrogen) atoms. The minimum atomic E-state index is -4.30. The topological polar surface area (TPSA) is 118 Å². The highest BCUT2D eigenvalue weighted by molar-refractivity contribution is 7.93. The fourth-order valence-electron chi connectivity index (χ4n) is 3.78. The normalized spacial score (nSPS) is 12.9. The number of sulfonamides is 1. The number of halogens is 1. The molecule has 2 aromatic heterocycles. The summed E-state index contributed by atoms with van der Waals surface area (Å²) in [5.74, 6) is -0.907. The van der Waals surface area contributed by atoms with Crippen LogP contribution in [-0.2, 0) is 16.6 Å². The smallest absolute Gasteiger partial charge is 0.270 e. The summed E-state index contributed by atoms with van der Waals surface area (Å²) < 4.78 is 67.5. The van der Waals surface area contributed by atoms with Crippen LogP contribution in [0.3, 0.4) is 0 Å². The van der Waals surface area contributed by atoms with Crippen LogP contribution in [0.4, 0.5) is 10.2 Å². The first-order valence-corrected chi connectivity index (χ1v) is 11.6. The molecular formula is C22H19FN4O6S. The lowest BCUT2D eigenvalue weighted by molar-refractivity contribution is 0.337. The summed E-state index contributed by atoms with van der Waals surface area (Å²) in [6, 6.07) is 6.35. The number of methoxy groups -OCH3 is 2. The van der Waals surface area contributed by atoms with Gasteiger partial charge in [0.25, 0.3) is 10.0 Å². The first kappa shape index (κ1) is 21.8. The van der Waals surface area contributed by atoms with Gasteiger partial charge in [-0.1, -0.05) is 11.2 Å². The maximum atomic E-state index is 15.3. The van der Waals surface area contributed by atoms with Gasteiger partial charge in [0.1, 0.15) is 17.7 Å². The Balaban J connectivity index is 1.60. The van der Waals surface area contributed by atoms with Gasteiger partial charge in [0.05, 0.1) is 20.8 Å². The Labute approximate surface area is 193 Å². The highest BCUT2D eigenvalue weighted by Crippen LogP contribution is 2.41. The number of benzene rings is 2. The third-order valence-corrected chi connectivity index (χ3v) is 6.66. The summed E-state index contributed by atoms with van der Waals surface area (Å²) in [5.41, 5.74) is 0.946. The maximum absolute atomic E-state index is 15.3. The number of nitrogens with one attached hydrogen (secondary N) is 1. The molecule has 0 amide bonds. The second kappa shape index (κ2) is 8.37. The van der Waals surface area contributed by atoms with Crippen molar-refractivity contribution in [2.24, 2.45) is 0 Å². The van der Waals surface area contributed by atoms with Crippen molar-refractivity contribution in [3.8, 4) is 17.2 Å². The Bertz CT molecular complexity index is 1510. The molecule has 3 heterocycles. The van der Waals surface area contributed by atoms with E-state index in [9.17, 15) is 8.42 Å². The highest BCUT2D eigenvalue weighted by atomic mass is 32.2. The summed E-state index contributed by atoms with van der Waals surface area (Å²) in [5, 5.41) is 7.94. The molecule has 0 aliphatic carbocycles. The molecule has 0 spiro atoms. The van der Waals surface area contributed by atoms with E-state index >= 15 is 4.39 Å². The molecule has 12 heteroatoms. The van der Waals surface area contributed by atoms with Gasteiger partial charge in [-0.3, -0.25) is 9.40 Å². The molecule has 5 rings (SSSR count). The van der Waals surface area contributed by atoms with Gasteiger partial charge in [-0.05, 0) is 30.3 Å². The maximum Gasteiger partial charge on any atom is 0.270 e. The van der Waals surface area contributed by atoms with Crippen LogP contribution in [0.2, 0.25) is 0 Å². The summed E-state index contributed by atoms with van der Waals surface area (Å²) >= 11 is 0. The molecule has 0 atom stereocenters. The van der Waals surface area contributed by atoms with Crippen LogP contribution >= 0.6 is 0 Å². The summed E-state index contributed by atoms with van der Waals surface area (Å²) in [7, 11) is -1.67. The predicted octanol–water partition coefficient (Wildman–Crippen LogP) is 3.44. The predicted molar refractivity (Wildman–Crippen MR) is 120 cm³/mol. The molecule has 0 radical (unpaired) electrons. The van der Waals surface area contributed by atoms with Crippen molar-refractivity contribution in [2.75, 3.05) is 25.5 Å². The van der Waals surface area contributed by atoms with E-state index in [4.69, 9.17) is 18.7 Å². The van der Waals surface area contributed by atoms with Crippen LogP contribution in [0, 0.1) is 5.82 Å². The SMILES string of the molecule is COc1ccc2c(c1S(=O)(=O)Nc1noc3cc(Cn4cccn4)c(F)c(OC)c13)OCC=C2. The third kappa shape index (κ3) is 3.61. The molecule has 0 saturated heterocycles. The number of hydrogen-bond acceptors (Lipinski definition) is 8. The van der Waals surface area contributed by atoms with Gasteiger partial charge >= 0.3 is 0 Å². The lowest BCUT2D eigenvalue weighted by Gasteiger charge is -2.19. The van der Waals surface area contributed by atoms with Crippen molar-refractivity contribution in [3.05, 3.63) is 59.7 Å². The largest absolute Gasteiger partial charge is 0.495 e. The Morgan fingerprint density at radius 3 is 2.85 bits per heavy atom. The quantitative estimate of drug-likeness (QED) is 0.422. The number of aromatic nitrogens is 3. The first-order valence-electron chi connectivity index (χ1n) is 10.1. The van der Waals surface area contributed by atoms with Gasteiger partial charge in [-0.15, -0.1) is 0 Å². The molecular weight excluding hydrogens is 467 g/mol. The fraction of sp³-hybridized carbons (Fsp3) is 0.182. The van der Waals surface area contributed by atoms with E-state index in [2.05, 4.69) is 15.0 Å². The summed E-state index contributed by atoms with van der Waals surface area (Å²) in [6.07, 6.45) is 6.77. The van der Waals surface area contributed by atoms with Gasteiger partial charge < -0.3 is 18.7 Å². The average molecular weight is 486 g/mol. The van der Waals surface area contributed by atoms with Gasteiger partial charge in [-0.25, -0.2) is 12.8 Å². The van der Waals surface area contributed by atoms with Crippen LogP contribution in [0.5, 0.6) is 17.2 Å². The molecule has 10 nitrogen and oxygen atoms in total. The third-order valence-electron chi connectivity index (χ3n) is 5.28. The second-order valence-corrected chi connectivity index (χ2v) is 8.94. The molecule has 176 valence electrons. The van der Waals surface area contributed by atoms with E-state index in [-0.39, 0.29) is 57.6 Å². The van der Waals surface area contributed by atoms with Gasteiger partial charge in [-0.2, -0.15) is 5.10 Å². The van der Waals surface area contributed by atoms with Gasteiger partial charge in [0, 0.05) is 23.5 Å². The number of hydrogen-bond donors (Lipinski definition) is 1. The van der Waals surface area contributed by atoms with Crippen molar-refractivity contribution >= 4 is 32.9 Å². The number of ether oxygens (including phenoxy) is 3. The van der Waals surface area contributed by atoms with E-state index in [1.807, 2.05) is 0 Å². The van der Waals surface area contributed by atoms with Crippen LogP contribution in [0.25, 0.3) is 17.0 Å². The molecule has 1 aliphatic rings. The molecule has 0 saturated carbocycles. The number of anilines is 1. The summed E-state index contributed by atoms with van der Waals surface area (Å²) in [4.78, 5) is -0.206. The summed E-state index contributed by atoms with van der Waals surface area (Å²) in [6.45, 7) is 0.318. The van der Waals surface area contributed by atoms with Crippen molar-refractivity contribution in [1.29, 1.82) is 0 Å². The van der Waals surface area contributed by atoms with E-state index in [1.165, 1.54) is 31.0 Å². The van der Waals surface area contributed by atoms with Crippen LogP contribution in [0.1, 0.15) is 11.1 Å². The zero-order valence-electron chi connectivity index (χ0n) is 18.1. The van der Waals surface area contributed by atoms with Crippen molar-refractivity contribution in [3.63, 3.8) is 0 Å². The zero-order chi connectivity index (χ0) is 23.9. The Morgan fingerprint density at radius 2 is 2.12 bits per heavy atom. The van der Waals surface area contributed by atoms with Crippen molar-refractivity contribution < 1.29 is 31.5 Å². The van der Waals surface area contributed by atoms with E-state index < -0.39 is 15.8 Å². The Hall–Kier alpha value is -4.06. The highest BCUT2D eigenvalue weighted by Gasteiger charge is 2.31. The zero-order valence-corrected chi connectivity index (χ0v) is 18.9. The second-order valence-electron chi connectivity index (χ2n) is 7.33. The molecule has 0 unspecified atom stereocenters. The monoisotopic (exact) mass is 486 g/mol. The molecule has 4 aromatic rings. The standard InChI is InChI=1S/C22H19FN4O6S/c1-30-15-7-6-13-5-3-10-32-19(13)21(15)34(28,29)26-22-17-16(33-25-22)11-14(18(23)20(17)31-2)12-27-9-4-8-24-27/h3-9,11H,10,12H2,1-2H3,(H,25,26). The minimum absolute atomic E-state index is 0.0392. The van der Waals surface area contributed by atoms with Gasteiger partial charge in [0.15, 0.2) is 33.6 Å². The lowest BCUT2D eigenvalue weighted by Crippen LogP contribution is -2.17. The number of nitrogens with zero attached hydrogens (tertiary/aromatic N) is 3. The fourth-order valence-corrected chi connectivity index (χ4v) is 5.12. The van der Waals surface area contributed by atoms with Crippen LogP contribution in [0.15, 0.2) is 52.2 Å². The number of fused-ring (bicyclic) bond motifs is 2. The van der Waals surface area contributed by atoms with Crippen LogP contribution < -0.4 is 18.9 Å². The van der Waals surface area contributed by atoms with E-state index in [0.29, 0.717) is 5.56 Å². The van der Waals surface area contributed by atoms with Gasteiger partial charge in [0.2, 0.25) is 0 Å². The molecule has 2 aromatic carbocycles. The minimum Gasteiger partial charge on any atom is -0.495 e.